The zero-order valence-electron chi connectivity index (χ0n) is 15.3. The second kappa shape index (κ2) is 7.44. The molecule has 0 radical (unpaired) electrons. The Morgan fingerprint density at radius 3 is 2.15 bits per heavy atom. The van der Waals surface area contributed by atoms with Crippen LogP contribution in [-0.4, -0.2) is 63.0 Å². The third kappa shape index (κ3) is 4.06. The number of amides is 1. The molecule has 1 atom stereocenters. The smallest absolute Gasteiger partial charge is 0.254 e. The van der Waals surface area contributed by atoms with E-state index in [1.807, 2.05) is 47.4 Å². The number of rotatable bonds is 3. The first-order valence-electron chi connectivity index (χ1n) is 9.52. The van der Waals surface area contributed by atoms with Crippen molar-refractivity contribution in [1.82, 2.24) is 4.90 Å². The quantitative estimate of drug-likeness (QED) is 0.853. The summed E-state index contributed by atoms with van der Waals surface area (Å²) in [6.45, 7) is 3.03. The summed E-state index contributed by atoms with van der Waals surface area (Å²) in [6, 6.07) is 18.1. The Morgan fingerprint density at radius 1 is 0.926 bits per heavy atom. The van der Waals surface area contributed by atoms with Crippen molar-refractivity contribution in [3.05, 3.63) is 60.2 Å². The largest absolute Gasteiger partial charge is 0.329 e. The highest BCUT2D eigenvalue weighted by Crippen LogP contribution is 2.20. The second-order valence-electron chi connectivity index (χ2n) is 7.49. The van der Waals surface area contributed by atoms with Crippen LogP contribution in [0.3, 0.4) is 0 Å². The molecule has 5 nitrogen and oxygen atoms in total. The van der Waals surface area contributed by atoms with Crippen LogP contribution in [0.4, 0.5) is 0 Å². The molecule has 6 heteroatoms. The maximum absolute atomic E-state index is 12.8. The molecule has 2 aliphatic rings. The van der Waals surface area contributed by atoms with Crippen LogP contribution < -0.4 is 4.90 Å². The molecule has 4 rings (SSSR count). The number of piperazine rings is 1. The van der Waals surface area contributed by atoms with E-state index in [0.29, 0.717) is 30.2 Å². The molecule has 0 unspecified atom stereocenters. The highest BCUT2D eigenvalue weighted by Gasteiger charge is 2.37. The summed E-state index contributed by atoms with van der Waals surface area (Å²) < 4.78 is 23.4. The van der Waals surface area contributed by atoms with E-state index in [2.05, 4.69) is 12.1 Å². The van der Waals surface area contributed by atoms with E-state index < -0.39 is 9.84 Å². The Kier molecular flexibility index (Phi) is 5.02. The summed E-state index contributed by atoms with van der Waals surface area (Å²) in [6.07, 6.45) is 0.757. The third-order valence-corrected chi connectivity index (χ3v) is 7.51. The van der Waals surface area contributed by atoms with Gasteiger partial charge in [-0.2, -0.15) is 0 Å². The van der Waals surface area contributed by atoms with Gasteiger partial charge in [0, 0.05) is 12.0 Å². The number of nitrogens with zero attached hydrogens (tertiary/aromatic N) is 1. The standard InChI is InChI=1S/C21H24N2O3S/c24-21(19-8-6-18(7-9-19)17-4-2-1-3-5-17)23-13-11-22(12-14-23)20-10-15-27(25,26)16-20/h1-9,20H,10-16H2/p+1/t20-/m0/s1. The number of sulfone groups is 1. The van der Waals surface area contributed by atoms with Crippen molar-refractivity contribution in [2.75, 3.05) is 37.7 Å². The Labute approximate surface area is 160 Å². The van der Waals surface area contributed by atoms with Crippen LogP contribution >= 0.6 is 0 Å². The van der Waals surface area contributed by atoms with Gasteiger partial charge in [-0.1, -0.05) is 42.5 Å². The van der Waals surface area contributed by atoms with Crippen molar-refractivity contribution in [2.24, 2.45) is 0 Å². The Hall–Kier alpha value is -2.18. The van der Waals surface area contributed by atoms with Gasteiger partial charge in [-0.15, -0.1) is 0 Å². The molecular weight excluding hydrogens is 360 g/mol. The van der Waals surface area contributed by atoms with E-state index in [1.165, 1.54) is 4.90 Å². The summed E-state index contributed by atoms with van der Waals surface area (Å²) in [4.78, 5) is 16.0. The predicted molar refractivity (Wildman–Crippen MR) is 106 cm³/mol. The normalized spacial score (nSPS) is 22.7. The minimum Gasteiger partial charge on any atom is -0.329 e. The first-order valence-corrected chi connectivity index (χ1v) is 11.3. The molecular formula is C21H25N2O3S+. The van der Waals surface area contributed by atoms with E-state index in [0.717, 1.165) is 30.6 Å². The molecule has 2 saturated heterocycles. The van der Waals surface area contributed by atoms with Crippen LogP contribution in [0.1, 0.15) is 16.8 Å². The molecule has 2 fully saturated rings. The fourth-order valence-corrected chi connectivity index (χ4v) is 5.97. The molecule has 2 heterocycles. The van der Waals surface area contributed by atoms with Crippen LogP contribution in [0, 0.1) is 0 Å². The number of nitrogens with one attached hydrogen (secondary N) is 1. The van der Waals surface area contributed by atoms with Crippen LogP contribution in [-0.2, 0) is 9.84 Å². The number of carbonyl (C=O) groups is 1. The Bertz CT molecular complexity index is 902. The van der Waals surface area contributed by atoms with Crippen molar-refractivity contribution < 1.29 is 18.1 Å². The molecule has 27 heavy (non-hydrogen) atoms. The number of carbonyl (C=O) groups excluding carboxylic acids is 1. The lowest BCUT2D eigenvalue weighted by Crippen LogP contribution is -3.18. The van der Waals surface area contributed by atoms with Gasteiger partial charge >= 0.3 is 0 Å². The van der Waals surface area contributed by atoms with Gasteiger partial charge in [-0.05, 0) is 23.3 Å². The second-order valence-corrected chi connectivity index (χ2v) is 9.72. The molecule has 0 aromatic heterocycles. The number of benzene rings is 2. The van der Waals surface area contributed by atoms with Crippen molar-refractivity contribution in [2.45, 2.75) is 12.5 Å². The molecule has 0 spiro atoms. The summed E-state index contributed by atoms with van der Waals surface area (Å²) in [7, 11) is -2.85. The fourth-order valence-electron chi connectivity index (χ4n) is 4.14. The van der Waals surface area contributed by atoms with Crippen LogP contribution in [0.5, 0.6) is 0 Å². The maximum atomic E-state index is 12.8. The average Bonchev–Trinajstić information content (AvgIpc) is 3.08. The van der Waals surface area contributed by atoms with Crippen LogP contribution in [0.15, 0.2) is 54.6 Å². The van der Waals surface area contributed by atoms with E-state index >= 15 is 0 Å². The van der Waals surface area contributed by atoms with Crippen molar-refractivity contribution in [3.8, 4) is 11.1 Å². The van der Waals surface area contributed by atoms with E-state index in [9.17, 15) is 13.2 Å². The van der Waals surface area contributed by atoms with Gasteiger partial charge in [-0.25, -0.2) is 8.42 Å². The third-order valence-electron chi connectivity index (χ3n) is 5.74. The van der Waals surface area contributed by atoms with Gasteiger partial charge in [0.25, 0.3) is 5.91 Å². The molecule has 1 N–H and O–H groups in total. The van der Waals surface area contributed by atoms with Crippen molar-refractivity contribution >= 4 is 15.7 Å². The lowest BCUT2D eigenvalue weighted by atomic mass is 10.0. The highest BCUT2D eigenvalue weighted by molar-refractivity contribution is 7.91. The molecule has 1 amide bonds. The van der Waals surface area contributed by atoms with Gasteiger partial charge in [0.05, 0.1) is 31.9 Å². The Morgan fingerprint density at radius 2 is 1.56 bits per heavy atom. The monoisotopic (exact) mass is 385 g/mol. The molecule has 0 saturated carbocycles. The molecule has 2 aliphatic heterocycles. The zero-order valence-corrected chi connectivity index (χ0v) is 16.1. The molecule has 0 bridgehead atoms. The highest BCUT2D eigenvalue weighted by atomic mass is 32.2. The molecule has 2 aromatic carbocycles. The first-order chi connectivity index (χ1) is 13.0. The van der Waals surface area contributed by atoms with Gasteiger partial charge < -0.3 is 9.80 Å². The van der Waals surface area contributed by atoms with E-state index in [-0.39, 0.29) is 11.9 Å². The van der Waals surface area contributed by atoms with Gasteiger partial charge in [0.2, 0.25) is 0 Å². The SMILES string of the molecule is O=C(c1ccc(-c2ccccc2)cc1)N1CC[NH+]([C@H]2CCS(=O)(=O)C2)CC1. The predicted octanol–water partition coefficient (Wildman–Crippen LogP) is 0.881. The summed E-state index contributed by atoms with van der Waals surface area (Å²) in [5.41, 5.74) is 2.95. The van der Waals surface area contributed by atoms with Crippen LogP contribution in [0.25, 0.3) is 11.1 Å². The van der Waals surface area contributed by atoms with E-state index in [4.69, 9.17) is 0 Å². The summed E-state index contributed by atoms with van der Waals surface area (Å²) in [5, 5.41) is 0. The average molecular weight is 386 g/mol. The van der Waals surface area contributed by atoms with Crippen molar-refractivity contribution in [1.29, 1.82) is 0 Å². The van der Waals surface area contributed by atoms with E-state index in [1.54, 1.807) is 0 Å². The van der Waals surface area contributed by atoms with Gasteiger partial charge in [0.15, 0.2) is 9.84 Å². The lowest BCUT2D eigenvalue weighted by Gasteiger charge is -2.35. The van der Waals surface area contributed by atoms with Gasteiger partial charge in [0.1, 0.15) is 11.8 Å². The number of hydrogen-bond donors (Lipinski definition) is 1. The maximum Gasteiger partial charge on any atom is 0.254 e. The van der Waals surface area contributed by atoms with Gasteiger partial charge in [-0.3, -0.25) is 4.79 Å². The summed E-state index contributed by atoms with van der Waals surface area (Å²) in [5.74, 6) is 0.683. The molecule has 2 aromatic rings. The minimum absolute atomic E-state index is 0.0627. The topological polar surface area (TPSA) is 58.9 Å². The Balaban J connectivity index is 1.37. The molecule has 0 aliphatic carbocycles. The first kappa shape index (κ1) is 18.2. The van der Waals surface area contributed by atoms with Crippen molar-refractivity contribution in [3.63, 3.8) is 0 Å². The number of quaternary nitrogens is 1. The minimum atomic E-state index is -2.85. The lowest BCUT2D eigenvalue weighted by molar-refractivity contribution is -0.925. The number of hydrogen-bond acceptors (Lipinski definition) is 3. The fraction of sp³-hybridized carbons (Fsp3) is 0.381. The van der Waals surface area contributed by atoms with Crippen LogP contribution in [0.2, 0.25) is 0 Å². The molecule has 142 valence electrons. The zero-order chi connectivity index (χ0) is 18.9. The summed E-state index contributed by atoms with van der Waals surface area (Å²) >= 11 is 0.